The summed E-state index contributed by atoms with van der Waals surface area (Å²) < 4.78 is 4.05. The summed E-state index contributed by atoms with van der Waals surface area (Å²) in [6.07, 6.45) is 12.0. The van der Waals surface area contributed by atoms with Crippen molar-refractivity contribution in [3.8, 4) is 0 Å². The quantitative estimate of drug-likeness (QED) is 0.329. The molecule has 33 heavy (non-hydrogen) atoms. The normalized spacial score (nSPS) is 36.2. The van der Waals surface area contributed by atoms with Gasteiger partial charge in [-0.1, -0.05) is 31.6 Å². The van der Waals surface area contributed by atoms with Crippen LogP contribution in [0.15, 0.2) is 24.3 Å². The first-order valence-electron chi connectivity index (χ1n) is 12.2. The van der Waals surface area contributed by atoms with Crippen LogP contribution in [0.5, 0.6) is 0 Å². The summed E-state index contributed by atoms with van der Waals surface area (Å²) in [6, 6.07) is -0.567. The monoisotopic (exact) mass is 476 g/mol. The third-order valence-electron chi connectivity index (χ3n) is 7.64. The van der Waals surface area contributed by atoms with Gasteiger partial charge in [0.25, 0.3) is 0 Å². The molecule has 2 fully saturated rings. The highest BCUT2D eigenvalue weighted by atomic mass is 32.2. The van der Waals surface area contributed by atoms with E-state index in [0.29, 0.717) is 25.9 Å². The fourth-order valence-corrected chi connectivity index (χ4v) is 8.31. The second-order valence-electron chi connectivity index (χ2n) is 9.88. The Morgan fingerprint density at radius 1 is 1.15 bits per heavy atom. The zero-order chi connectivity index (χ0) is 23.8. The van der Waals surface area contributed by atoms with Crippen LogP contribution >= 0.6 is 11.8 Å². The Bertz CT molecular complexity index is 860. The first-order valence-corrected chi connectivity index (χ1v) is 13.1. The molecule has 0 aliphatic carbocycles. The van der Waals surface area contributed by atoms with Crippen LogP contribution in [-0.2, 0) is 19.1 Å². The van der Waals surface area contributed by atoms with Crippen molar-refractivity contribution in [2.75, 3.05) is 26.3 Å². The van der Waals surface area contributed by atoms with E-state index < -0.39 is 27.4 Å². The van der Waals surface area contributed by atoms with Crippen LogP contribution in [0.4, 0.5) is 0 Å². The highest BCUT2D eigenvalue weighted by Crippen LogP contribution is 2.65. The molecule has 2 saturated heterocycles. The molecule has 1 spiro atoms. The second-order valence-corrected chi connectivity index (χ2v) is 11.7. The molecule has 8 heteroatoms. The molecule has 1 N–H and O–H groups in total. The Morgan fingerprint density at radius 3 is 2.67 bits per heavy atom. The number of hydrogen-bond acceptors (Lipinski definition) is 6. The molecule has 0 bridgehead atoms. The molecule has 2 amide bonds. The Kier molecular flexibility index (Phi) is 6.97. The number of rotatable bonds is 8. The number of unbranched alkanes of at least 4 members (excludes halogenated alkanes) is 2. The number of aliphatic hydroxyl groups is 1. The van der Waals surface area contributed by atoms with Gasteiger partial charge in [0.15, 0.2) is 0 Å². The third kappa shape index (κ3) is 3.93. The molecule has 4 rings (SSSR count). The molecule has 4 aliphatic heterocycles. The van der Waals surface area contributed by atoms with Gasteiger partial charge in [0, 0.05) is 30.5 Å². The first kappa shape index (κ1) is 24.3. The molecular weight excluding hydrogens is 440 g/mol. The fraction of sp³-hybridized carbons (Fsp3) is 0.720. The van der Waals surface area contributed by atoms with Gasteiger partial charge in [0.1, 0.15) is 12.6 Å². The molecular formula is C25H36N2O5S. The van der Waals surface area contributed by atoms with Gasteiger partial charge in [0.2, 0.25) is 11.8 Å². The molecule has 6 atom stereocenters. The van der Waals surface area contributed by atoms with E-state index in [9.17, 15) is 14.4 Å². The number of carbonyl (C=O) groups is 3. The van der Waals surface area contributed by atoms with Gasteiger partial charge in [0.05, 0.1) is 16.6 Å². The standard InChI is InChI=1S/C25H36N2O5S/c1-4-10-17(2)26-14-8-12-25-18(19-23(31)32-16-9-11-24(19,3)33-25)21(29)27(20(25)22(26)30)13-6-5-7-15-28/h8-9,11-12,17-20,28H,4-7,10,13-16H2,1-3H3/t17?,18-,19+,20?,24-,25-/m0/s1. The number of esters is 1. The van der Waals surface area contributed by atoms with Crippen molar-refractivity contribution in [2.24, 2.45) is 11.8 Å². The van der Waals surface area contributed by atoms with Crippen molar-refractivity contribution in [3.05, 3.63) is 24.3 Å². The third-order valence-corrected chi connectivity index (χ3v) is 9.44. The van der Waals surface area contributed by atoms with Crippen LogP contribution in [0.2, 0.25) is 0 Å². The van der Waals surface area contributed by atoms with Crippen molar-refractivity contribution >= 4 is 29.5 Å². The van der Waals surface area contributed by atoms with Gasteiger partial charge in [-0.25, -0.2) is 0 Å². The molecule has 2 unspecified atom stereocenters. The lowest BCUT2D eigenvalue weighted by Crippen LogP contribution is -2.55. The Hall–Kier alpha value is -1.80. The minimum absolute atomic E-state index is 0.0242. The zero-order valence-electron chi connectivity index (χ0n) is 19.9. The van der Waals surface area contributed by atoms with Gasteiger partial charge < -0.3 is 19.6 Å². The maximum absolute atomic E-state index is 14.1. The van der Waals surface area contributed by atoms with Crippen molar-refractivity contribution < 1.29 is 24.2 Å². The summed E-state index contributed by atoms with van der Waals surface area (Å²) in [5, 5.41) is 9.16. The molecule has 0 aromatic carbocycles. The fourth-order valence-electron chi connectivity index (χ4n) is 6.15. The molecule has 4 heterocycles. The molecule has 0 radical (unpaired) electrons. The predicted octanol–water partition coefficient (Wildman–Crippen LogP) is 2.54. The van der Waals surface area contributed by atoms with Crippen molar-refractivity contribution in [1.82, 2.24) is 9.80 Å². The van der Waals surface area contributed by atoms with Crippen LogP contribution in [0.1, 0.15) is 52.9 Å². The molecule has 7 nitrogen and oxygen atoms in total. The number of amides is 2. The highest BCUT2D eigenvalue weighted by Gasteiger charge is 2.74. The summed E-state index contributed by atoms with van der Waals surface area (Å²) in [6.45, 7) is 7.46. The van der Waals surface area contributed by atoms with Gasteiger partial charge in [-0.3, -0.25) is 14.4 Å². The van der Waals surface area contributed by atoms with Gasteiger partial charge in [-0.05, 0) is 45.6 Å². The number of nitrogens with zero attached hydrogens (tertiary/aromatic N) is 2. The van der Waals surface area contributed by atoms with Crippen molar-refractivity contribution in [1.29, 1.82) is 0 Å². The molecule has 0 aromatic heterocycles. The summed E-state index contributed by atoms with van der Waals surface area (Å²) in [7, 11) is 0. The maximum Gasteiger partial charge on any atom is 0.311 e. The lowest BCUT2D eigenvalue weighted by atomic mass is 9.75. The van der Waals surface area contributed by atoms with E-state index >= 15 is 0 Å². The Morgan fingerprint density at radius 2 is 1.94 bits per heavy atom. The number of ether oxygens (including phenoxy) is 1. The number of carbonyl (C=O) groups excluding carboxylic acids is 3. The van der Waals surface area contributed by atoms with Crippen LogP contribution in [-0.4, -0.2) is 80.6 Å². The van der Waals surface area contributed by atoms with E-state index in [0.717, 1.165) is 19.3 Å². The average molecular weight is 477 g/mol. The smallest absolute Gasteiger partial charge is 0.311 e. The molecule has 4 aliphatic rings. The van der Waals surface area contributed by atoms with Crippen LogP contribution in [0.25, 0.3) is 0 Å². The average Bonchev–Trinajstić information content (AvgIpc) is 3.02. The summed E-state index contributed by atoms with van der Waals surface area (Å²) in [4.78, 5) is 44.8. The summed E-state index contributed by atoms with van der Waals surface area (Å²) >= 11 is 1.59. The molecule has 0 saturated carbocycles. The van der Waals surface area contributed by atoms with E-state index in [1.165, 1.54) is 0 Å². The lowest BCUT2D eigenvalue weighted by Gasteiger charge is -2.38. The van der Waals surface area contributed by atoms with Gasteiger partial charge >= 0.3 is 5.97 Å². The first-order chi connectivity index (χ1) is 15.8. The SMILES string of the molecule is CCCC(C)N1CC=C[C@]23S[C@@]4(C)C=CCOC(=O)[C@H]4[C@H]2C(=O)N(CCCCCO)C3C1=O. The number of hydrogen-bond donors (Lipinski definition) is 1. The summed E-state index contributed by atoms with van der Waals surface area (Å²) in [5.74, 6) is -1.76. The maximum atomic E-state index is 14.1. The highest BCUT2D eigenvalue weighted by molar-refractivity contribution is 8.02. The van der Waals surface area contributed by atoms with E-state index in [4.69, 9.17) is 9.84 Å². The van der Waals surface area contributed by atoms with Gasteiger partial charge in [-0.15, -0.1) is 11.8 Å². The zero-order valence-corrected chi connectivity index (χ0v) is 20.7. The van der Waals surface area contributed by atoms with E-state index in [1.807, 2.05) is 30.1 Å². The number of aliphatic hydroxyl groups excluding tert-OH is 1. The summed E-state index contributed by atoms with van der Waals surface area (Å²) in [5.41, 5.74) is 0. The van der Waals surface area contributed by atoms with E-state index in [-0.39, 0.29) is 37.0 Å². The van der Waals surface area contributed by atoms with E-state index in [2.05, 4.69) is 19.9 Å². The van der Waals surface area contributed by atoms with Crippen LogP contribution < -0.4 is 0 Å². The lowest BCUT2D eigenvalue weighted by molar-refractivity contribution is -0.152. The van der Waals surface area contributed by atoms with Gasteiger partial charge in [-0.2, -0.15) is 0 Å². The predicted molar refractivity (Wildman–Crippen MR) is 127 cm³/mol. The van der Waals surface area contributed by atoms with Crippen LogP contribution in [0.3, 0.4) is 0 Å². The number of likely N-dealkylation sites (tertiary alicyclic amines) is 1. The number of fused-ring (bicyclic) bond motifs is 2. The van der Waals surface area contributed by atoms with Crippen molar-refractivity contribution in [3.63, 3.8) is 0 Å². The Balaban J connectivity index is 1.77. The Labute approximate surface area is 200 Å². The minimum atomic E-state index is -0.800. The van der Waals surface area contributed by atoms with E-state index in [1.54, 1.807) is 16.7 Å². The largest absolute Gasteiger partial charge is 0.461 e. The number of cyclic esters (lactones) is 1. The van der Waals surface area contributed by atoms with Crippen molar-refractivity contribution in [2.45, 2.75) is 74.5 Å². The topological polar surface area (TPSA) is 87.2 Å². The minimum Gasteiger partial charge on any atom is -0.461 e. The van der Waals surface area contributed by atoms with Crippen LogP contribution in [0, 0.1) is 11.8 Å². The molecule has 182 valence electrons. The molecule has 0 aromatic rings. The number of thioether (sulfide) groups is 1. The second kappa shape index (κ2) is 9.45.